The van der Waals surface area contributed by atoms with Crippen LogP contribution >= 0.6 is 0 Å². The van der Waals surface area contributed by atoms with E-state index in [-0.39, 0.29) is 18.9 Å². The Morgan fingerprint density at radius 1 is 1.04 bits per heavy atom. The third-order valence-corrected chi connectivity index (χ3v) is 4.12. The Bertz CT molecular complexity index is 735. The topological polar surface area (TPSA) is 119 Å². The molecule has 0 fully saturated rings. The van der Waals surface area contributed by atoms with E-state index in [0.717, 1.165) is 11.1 Å². The van der Waals surface area contributed by atoms with Gasteiger partial charge in [0.15, 0.2) is 0 Å². The van der Waals surface area contributed by atoms with Gasteiger partial charge in [-0.05, 0) is 42.6 Å². The molecule has 5 N–H and O–H groups in total. The summed E-state index contributed by atoms with van der Waals surface area (Å²) in [6, 6.07) is 14.8. The zero-order chi connectivity index (χ0) is 19.6. The molecular formula is C20H25N3O4. The highest BCUT2D eigenvalue weighted by molar-refractivity contribution is 5.84. The minimum Gasteiger partial charge on any atom is -0.508 e. The Balaban J connectivity index is 2.16. The van der Waals surface area contributed by atoms with Crippen LogP contribution in [0.4, 0.5) is 4.79 Å². The number of phenols is 1. The fraction of sp³-hybridized carbons (Fsp3) is 0.300. The SMILES string of the molecule is NCCC[C@H](C(N)=O)N(Cc1ccc(O)cc1)C(=O)OCc1ccccc1. The first kappa shape index (κ1) is 20.3. The lowest BCUT2D eigenvalue weighted by atomic mass is 10.1. The van der Waals surface area contributed by atoms with Crippen molar-refractivity contribution in [2.24, 2.45) is 11.5 Å². The average Bonchev–Trinajstić information content (AvgIpc) is 2.67. The molecule has 7 heteroatoms. The van der Waals surface area contributed by atoms with Crippen LogP contribution in [0.15, 0.2) is 54.6 Å². The summed E-state index contributed by atoms with van der Waals surface area (Å²) in [5, 5.41) is 9.43. The van der Waals surface area contributed by atoms with Crippen molar-refractivity contribution in [3.63, 3.8) is 0 Å². The van der Waals surface area contributed by atoms with E-state index < -0.39 is 18.0 Å². The third-order valence-electron chi connectivity index (χ3n) is 4.12. The van der Waals surface area contributed by atoms with Gasteiger partial charge in [0.1, 0.15) is 18.4 Å². The third kappa shape index (κ3) is 6.31. The molecule has 144 valence electrons. The minimum atomic E-state index is -0.828. The number of aromatic hydroxyl groups is 1. The fourth-order valence-electron chi connectivity index (χ4n) is 2.67. The summed E-state index contributed by atoms with van der Waals surface area (Å²) in [7, 11) is 0. The molecule has 0 saturated heterocycles. The summed E-state index contributed by atoms with van der Waals surface area (Å²) < 4.78 is 5.40. The predicted molar refractivity (Wildman–Crippen MR) is 102 cm³/mol. The Hall–Kier alpha value is -3.06. The first-order valence-electron chi connectivity index (χ1n) is 8.76. The van der Waals surface area contributed by atoms with Crippen molar-refractivity contribution in [1.29, 1.82) is 0 Å². The molecule has 1 atom stereocenters. The smallest absolute Gasteiger partial charge is 0.411 e. The molecule has 0 bridgehead atoms. The fourth-order valence-corrected chi connectivity index (χ4v) is 2.67. The summed E-state index contributed by atoms with van der Waals surface area (Å²) in [5.41, 5.74) is 12.7. The van der Waals surface area contributed by atoms with E-state index in [0.29, 0.717) is 19.4 Å². The number of hydrogen-bond acceptors (Lipinski definition) is 5. The van der Waals surface area contributed by atoms with Gasteiger partial charge in [0.2, 0.25) is 5.91 Å². The molecule has 0 saturated carbocycles. The van der Waals surface area contributed by atoms with Crippen molar-refractivity contribution >= 4 is 12.0 Å². The molecule has 2 amide bonds. The van der Waals surface area contributed by atoms with E-state index >= 15 is 0 Å². The number of phenolic OH excluding ortho intramolecular Hbond substituents is 1. The van der Waals surface area contributed by atoms with Crippen molar-refractivity contribution in [2.45, 2.75) is 32.0 Å². The van der Waals surface area contributed by atoms with Crippen LogP contribution in [0.5, 0.6) is 5.75 Å². The highest BCUT2D eigenvalue weighted by Gasteiger charge is 2.29. The van der Waals surface area contributed by atoms with E-state index in [1.165, 1.54) is 17.0 Å². The van der Waals surface area contributed by atoms with E-state index in [2.05, 4.69) is 0 Å². The second-order valence-electron chi connectivity index (χ2n) is 6.18. The molecule has 0 spiro atoms. The lowest BCUT2D eigenvalue weighted by molar-refractivity contribution is -0.123. The number of nitrogens with zero attached hydrogens (tertiary/aromatic N) is 1. The molecule has 27 heavy (non-hydrogen) atoms. The first-order chi connectivity index (χ1) is 13.0. The number of primary amides is 1. The second-order valence-corrected chi connectivity index (χ2v) is 6.18. The minimum absolute atomic E-state index is 0.0914. The number of rotatable bonds is 9. The molecule has 7 nitrogen and oxygen atoms in total. The molecule has 0 aliphatic carbocycles. The van der Waals surface area contributed by atoms with Gasteiger partial charge in [-0.25, -0.2) is 4.79 Å². The van der Waals surface area contributed by atoms with Crippen molar-refractivity contribution in [2.75, 3.05) is 6.54 Å². The Morgan fingerprint density at radius 3 is 2.30 bits per heavy atom. The van der Waals surface area contributed by atoms with Gasteiger partial charge in [-0.3, -0.25) is 9.69 Å². The average molecular weight is 371 g/mol. The maximum absolute atomic E-state index is 12.7. The molecule has 0 aliphatic rings. The molecule has 2 rings (SSSR count). The van der Waals surface area contributed by atoms with Crippen LogP contribution in [0.3, 0.4) is 0 Å². The normalized spacial score (nSPS) is 11.6. The zero-order valence-electron chi connectivity index (χ0n) is 15.1. The molecule has 0 heterocycles. The number of carbonyl (C=O) groups is 2. The standard InChI is InChI=1S/C20H25N3O4/c21-12-4-7-18(19(22)25)23(13-15-8-10-17(24)11-9-15)20(26)27-14-16-5-2-1-3-6-16/h1-3,5-6,8-11,18,24H,4,7,12-14,21H2,(H2,22,25)/t18-/m1/s1. The van der Waals surface area contributed by atoms with Crippen LogP contribution in [-0.4, -0.2) is 34.6 Å². The molecule has 0 aliphatic heterocycles. The van der Waals surface area contributed by atoms with Gasteiger partial charge in [-0.1, -0.05) is 42.5 Å². The van der Waals surface area contributed by atoms with Crippen molar-refractivity contribution < 1.29 is 19.4 Å². The zero-order valence-corrected chi connectivity index (χ0v) is 15.1. The largest absolute Gasteiger partial charge is 0.508 e. The maximum atomic E-state index is 12.7. The van der Waals surface area contributed by atoms with Crippen LogP contribution in [0.25, 0.3) is 0 Å². The first-order valence-corrected chi connectivity index (χ1v) is 8.76. The van der Waals surface area contributed by atoms with Gasteiger partial charge in [0.25, 0.3) is 0 Å². The Morgan fingerprint density at radius 2 is 1.70 bits per heavy atom. The van der Waals surface area contributed by atoms with E-state index in [1.807, 2.05) is 30.3 Å². The quantitative estimate of drug-likeness (QED) is 0.624. The molecule has 0 unspecified atom stereocenters. The molecular weight excluding hydrogens is 346 g/mol. The van der Waals surface area contributed by atoms with Crippen LogP contribution in [-0.2, 0) is 22.7 Å². The van der Waals surface area contributed by atoms with Crippen LogP contribution < -0.4 is 11.5 Å². The van der Waals surface area contributed by atoms with Gasteiger partial charge in [0.05, 0.1) is 0 Å². The summed E-state index contributed by atoms with van der Waals surface area (Å²) in [5.74, 6) is -0.495. The second kappa shape index (κ2) is 10.2. The van der Waals surface area contributed by atoms with Crippen molar-refractivity contribution in [3.05, 3.63) is 65.7 Å². The lowest BCUT2D eigenvalue weighted by Crippen LogP contribution is -2.47. The van der Waals surface area contributed by atoms with Crippen LogP contribution in [0.2, 0.25) is 0 Å². The number of carbonyl (C=O) groups excluding carboxylic acids is 2. The number of ether oxygens (including phenoxy) is 1. The van der Waals surface area contributed by atoms with E-state index in [4.69, 9.17) is 16.2 Å². The van der Waals surface area contributed by atoms with Crippen LogP contribution in [0.1, 0.15) is 24.0 Å². The summed E-state index contributed by atoms with van der Waals surface area (Å²) in [4.78, 5) is 26.0. The number of hydrogen-bond donors (Lipinski definition) is 3. The molecule has 0 aromatic heterocycles. The van der Waals surface area contributed by atoms with Gasteiger partial charge < -0.3 is 21.3 Å². The van der Waals surface area contributed by atoms with Crippen molar-refractivity contribution in [3.8, 4) is 5.75 Å². The predicted octanol–water partition coefficient (Wildman–Crippen LogP) is 2.12. The highest BCUT2D eigenvalue weighted by atomic mass is 16.6. The molecule has 2 aromatic rings. The van der Waals surface area contributed by atoms with Crippen LogP contribution in [0, 0.1) is 0 Å². The lowest BCUT2D eigenvalue weighted by Gasteiger charge is -2.29. The number of nitrogens with two attached hydrogens (primary N) is 2. The summed E-state index contributed by atoms with van der Waals surface area (Å²) >= 11 is 0. The number of benzene rings is 2. The Kier molecular flexibility index (Phi) is 7.63. The monoisotopic (exact) mass is 371 g/mol. The highest BCUT2D eigenvalue weighted by Crippen LogP contribution is 2.17. The summed E-state index contributed by atoms with van der Waals surface area (Å²) in [6.07, 6.45) is 0.267. The Labute approximate surface area is 158 Å². The van der Waals surface area contributed by atoms with Gasteiger partial charge >= 0.3 is 6.09 Å². The van der Waals surface area contributed by atoms with E-state index in [9.17, 15) is 14.7 Å². The molecule has 2 aromatic carbocycles. The van der Waals surface area contributed by atoms with E-state index in [1.54, 1.807) is 12.1 Å². The summed E-state index contributed by atoms with van der Waals surface area (Å²) in [6.45, 7) is 0.607. The van der Waals surface area contributed by atoms with Gasteiger partial charge in [-0.2, -0.15) is 0 Å². The van der Waals surface area contributed by atoms with Gasteiger partial charge in [-0.15, -0.1) is 0 Å². The maximum Gasteiger partial charge on any atom is 0.411 e. The number of amides is 2. The van der Waals surface area contributed by atoms with Gasteiger partial charge in [0, 0.05) is 6.54 Å². The molecule has 0 radical (unpaired) electrons. The van der Waals surface area contributed by atoms with Crippen molar-refractivity contribution in [1.82, 2.24) is 4.90 Å².